The highest BCUT2D eigenvalue weighted by atomic mass is 16.2. The zero-order valence-electron chi connectivity index (χ0n) is 13.5. The van der Waals surface area contributed by atoms with Gasteiger partial charge in [-0.15, -0.1) is 0 Å². The van der Waals surface area contributed by atoms with Gasteiger partial charge in [-0.1, -0.05) is 50.6 Å². The summed E-state index contributed by atoms with van der Waals surface area (Å²) in [6.45, 7) is 5.79. The van der Waals surface area contributed by atoms with E-state index in [0.29, 0.717) is 24.4 Å². The van der Waals surface area contributed by atoms with Crippen molar-refractivity contribution in [1.82, 2.24) is 10.2 Å². The lowest BCUT2D eigenvalue weighted by Gasteiger charge is -2.35. The van der Waals surface area contributed by atoms with Crippen LogP contribution in [-0.2, 0) is 11.3 Å². The molecule has 0 spiro atoms. The molecule has 2 unspecified atom stereocenters. The summed E-state index contributed by atoms with van der Waals surface area (Å²) < 4.78 is 0. The van der Waals surface area contributed by atoms with E-state index in [1.807, 2.05) is 25.2 Å². The van der Waals surface area contributed by atoms with Gasteiger partial charge < -0.3 is 5.32 Å². The van der Waals surface area contributed by atoms with E-state index in [2.05, 4.69) is 36.2 Å². The summed E-state index contributed by atoms with van der Waals surface area (Å²) in [5.74, 6) is 1.34. The molecule has 2 rings (SSSR count). The van der Waals surface area contributed by atoms with Gasteiger partial charge in [-0.25, -0.2) is 0 Å². The van der Waals surface area contributed by atoms with Gasteiger partial charge in [-0.05, 0) is 37.3 Å². The molecule has 1 aliphatic rings. The smallest absolute Gasteiger partial charge is 0.234 e. The molecule has 1 aliphatic carbocycles. The summed E-state index contributed by atoms with van der Waals surface area (Å²) >= 11 is 0. The van der Waals surface area contributed by atoms with Crippen molar-refractivity contribution in [3.8, 4) is 0 Å². The first-order valence-electron chi connectivity index (χ1n) is 8.08. The van der Waals surface area contributed by atoms with Crippen LogP contribution in [0.3, 0.4) is 0 Å². The van der Waals surface area contributed by atoms with Gasteiger partial charge in [0.1, 0.15) is 0 Å². The Hall–Kier alpha value is -1.35. The summed E-state index contributed by atoms with van der Waals surface area (Å²) in [5, 5.41) is 3.25. The maximum atomic E-state index is 12.3. The topological polar surface area (TPSA) is 32.3 Å². The molecule has 0 bridgehead atoms. The SMILES string of the molecule is CC1CCCC(C)C1NC(=O)CN(C)Cc1ccccc1. The number of nitrogens with one attached hydrogen (secondary N) is 1. The molecule has 1 amide bonds. The largest absolute Gasteiger partial charge is 0.352 e. The van der Waals surface area contributed by atoms with Gasteiger partial charge in [0.05, 0.1) is 6.54 Å². The molecule has 1 N–H and O–H groups in total. The van der Waals surface area contributed by atoms with Crippen molar-refractivity contribution in [3.63, 3.8) is 0 Å². The maximum Gasteiger partial charge on any atom is 0.234 e. The Balaban J connectivity index is 1.81. The van der Waals surface area contributed by atoms with Gasteiger partial charge in [-0.2, -0.15) is 0 Å². The molecule has 116 valence electrons. The van der Waals surface area contributed by atoms with Gasteiger partial charge in [0.15, 0.2) is 0 Å². The molecule has 3 nitrogen and oxygen atoms in total. The predicted octanol–water partition coefficient (Wildman–Crippen LogP) is 3.06. The Morgan fingerprint density at radius 3 is 2.43 bits per heavy atom. The first kappa shape index (κ1) is 16.0. The fraction of sp³-hybridized carbons (Fsp3) is 0.611. The molecule has 0 saturated heterocycles. The molecule has 1 aromatic rings. The second-order valence-electron chi connectivity index (χ2n) is 6.64. The molecule has 3 heteroatoms. The minimum absolute atomic E-state index is 0.152. The number of hydrogen-bond donors (Lipinski definition) is 1. The first-order valence-corrected chi connectivity index (χ1v) is 8.08. The number of likely N-dealkylation sites (N-methyl/N-ethyl adjacent to an activating group) is 1. The summed E-state index contributed by atoms with van der Waals surface area (Å²) in [6.07, 6.45) is 3.76. The molecule has 1 saturated carbocycles. The van der Waals surface area contributed by atoms with Crippen molar-refractivity contribution in [3.05, 3.63) is 35.9 Å². The van der Waals surface area contributed by atoms with Crippen LogP contribution in [0.1, 0.15) is 38.7 Å². The van der Waals surface area contributed by atoms with Crippen molar-refractivity contribution >= 4 is 5.91 Å². The molecule has 0 aromatic heterocycles. The molecule has 0 aliphatic heterocycles. The normalized spacial score (nSPS) is 25.8. The van der Waals surface area contributed by atoms with Gasteiger partial charge in [0.25, 0.3) is 0 Å². The van der Waals surface area contributed by atoms with E-state index in [9.17, 15) is 4.79 Å². The van der Waals surface area contributed by atoms with Gasteiger partial charge in [-0.3, -0.25) is 9.69 Å². The minimum atomic E-state index is 0.152. The van der Waals surface area contributed by atoms with E-state index in [0.717, 1.165) is 6.54 Å². The second kappa shape index (κ2) is 7.60. The van der Waals surface area contributed by atoms with Gasteiger partial charge in [0, 0.05) is 12.6 Å². The molecule has 1 aromatic carbocycles. The van der Waals surface area contributed by atoms with E-state index in [1.165, 1.54) is 24.8 Å². The van der Waals surface area contributed by atoms with Crippen LogP contribution in [-0.4, -0.2) is 30.4 Å². The third-order valence-electron chi connectivity index (χ3n) is 4.58. The van der Waals surface area contributed by atoms with Crippen molar-refractivity contribution in [2.45, 2.75) is 45.7 Å². The van der Waals surface area contributed by atoms with E-state index < -0.39 is 0 Å². The maximum absolute atomic E-state index is 12.3. The van der Waals surface area contributed by atoms with Crippen molar-refractivity contribution in [2.75, 3.05) is 13.6 Å². The highest BCUT2D eigenvalue weighted by Gasteiger charge is 2.28. The lowest BCUT2D eigenvalue weighted by Crippen LogP contribution is -2.48. The lowest BCUT2D eigenvalue weighted by atomic mass is 9.79. The van der Waals surface area contributed by atoms with Crippen LogP contribution < -0.4 is 5.32 Å². The third-order valence-corrected chi connectivity index (χ3v) is 4.58. The molecule has 2 atom stereocenters. The van der Waals surface area contributed by atoms with E-state index in [1.54, 1.807) is 0 Å². The van der Waals surface area contributed by atoms with Crippen LogP contribution in [0.2, 0.25) is 0 Å². The Morgan fingerprint density at radius 2 is 1.81 bits per heavy atom. The average Bonchev–Trinajstić information content (AvgIpc) is 2.44. The number of nitrogens with zero attached hydrogens (tertiary/aromatic N) is 1. The summed E-state index contributed by atoms with van der Waals surface area (Å²) in [6, 6.07) is 10.6. The minimum Gasteiger partial charge on any atom is -0.352 e. The average molecular weight is 288 g/mol. The predicted molar refractivity (Wildman–Crippen MR) is 86.9 cm³/mol. The molecule has 0 radical (unpaired) electrons. The van der Waals surface area contributed by atoms with E-state index >= 15 is 0 Å². The molecular formula is C18H28N2O. The third kappa shape index (κ3) is 4.85. The van der Waals surface area contributed by atoms with Crippen LogP contribution in [0.4, 0.5) is 0 Å². The van der Waals surface area contributed by atoms with Crippen LogP contribution in [0, 0.1) is 11.8 Å². The van der Waals surface area contributed by atoms with Crippen LogP contribution >= 0.6 is 0 Å². The van der Waals surface area contributed by atoms with E-state index in [-0.39, 0.29) is 5.91 Å². The van der Waals surface area contributed by atoms with E-state index in [4.69, 9.17) is 0 Å². The quantitative estimate of drug-likeness (QED) is 0.903. The number of carbonyl (C=O) groups excluding carboxylic acids is 1. The second-order valence-corrected chi connectivity index (χ2v) is 6.64. The molecule has 0 heterocycles. The van der Waals surface area contributed by atoms with Crippen LogP contribution in [0.5, 0.6) is 0 Å². The zero-order chi connectivity index (χ0) is 15.2. The molecule has 21 heavy (non-hydrogen) atoms. The Bertz CT molecular complexity index is 436. The Morgan fingerprint density at radius 1 is 1.19 bits per heavy atom. The van der Waals surface area contributed by atoms with Crippen LogP contribution in [0.25, 0.3) is 0 Å². The van der Waals surface area contributed by atoms with Crippen LogP contribution in [0.15, 0.2) is 30.3 Å². The van der Waals surface area contributed by atoms with Crippen molar-refractivity contribution in [1.29, 1.82) is 0 Å². The van der Waals surface area contributed by atoms with Gasteiger partial charge >= 0.3 is 0 Å². The molecular weight excluding hydrogens is 260 g/mol. The van der Waals surface area contributed by atoms with Crippen molar-refractivity contribution in [2.24, 2.45) is 11.8 Å². The Kier molecular flexibility index (Phi) is 5.80. The summed E-state index contributed by atoms with van der Waals surface area (Å²) in [7, 11) is 2.00. The molecule has 1 fully saturated rings. The standard InChI is InChI=1S/C18H28N2O/c1-14-8-7-9-15(2)18(14)19-17(21)13-20(3)12-16-10-5-4-6-11-16/h4-6,10-11,14-15,18H,7-9,12-13H2,1-3H3,(H,19,21). The highest BCUT2D eigenvalue weighted by Crippen LogP contribution is 2.28. The fourth-order valence-electron chi connectivity index (χ4n) is 3.39. The monoisotopic (exact) mass is 288 g/mol. The van der Waals surface area contributed by atoms with Gasteiger partial charge in [0.2, 0.25) is 5.91 Å². The number of amides is 1. The zero-order valence-corrected chi connectivity index (χ0v) is 13.5. The summed E-state index contributed by atoms with van der Waals surface area (Å²) in [4.78, 5) is 14.3. The lowest BCUT2D eigenvalue weighted by molar-refractivity contribution is -0.123. The summed E-state index contributed by atoms with van der Waals surface area (Å²) in [5.41, 5.74) is 1.24. The number of carbonyl (C=O) groups is 1. The number of hydrogen-bond acceptors (Lipinski definition) is 2. The number of benzene rings is 1. The highest BCUT2D eigenvalue weighted by molar-refractivity contribution is 5.78. The first-order chi connectivity index (χ1) is 10.1. The fourth-order valence-corrected chi connectivity index (χ4v) is 3.39. The number of rotatable bonds is 5. The Labute approximate surface area is 128 Å². The van der Waals surface area contributed by atoms with Crippen molar-refractivity contribution < 1.29 is 4.79 Å².